The van der Waals surface area contributed by atoms with Gasteiger partial charge in [-0.15, -0.1) is 0 Å². The lowest BCUT2D eigenvalue weighted by Crippen LogP contribution is -2.40. The number of ether oxygens (including phenoxy) is 1. The first-order valence-electron chi connectivity index (χ1n) is 6.27. The Morgan fingerprint density at radius 1 is 1.35 bits per heavy atom. The van der Waals surface area contributed by atoms with Crippen LogP contribution in [-0.2, 0) is 4.74 Å². The second-order valence-electron chi connectivity index (χ2n) is 4.55. The van der Waals surface area contributed by atoms with Crippen LogP contribution in [0.1, 0.15) is 10.4 Å². The number of halogens is 2. The molecular weight excluding hydrogens is 344 g/mol. The van der Waals surface area contributed by atoms with Crippen LogP contribution in [0.2, 0.25) is 5.02 Å². The van der Waals surface area contributed by atoms with Gasteiger partial charge in [-0.2, -0.15) is 0 Å². The van der Waals surface area contributed by atoms with Crippen LogP contribution in [0.4, 0.5) is 0 Å². The largest absolute Gasteiger partial charge is 0.378 e. The molecule has 1 aromatic carbocycles. The highest BCUT2D eigenvalue weighted by Gasteiger charge is 2.22. The van der Waals surface area contributed by atoms with Crippen LogP contribution in [0.15, 0.2) is 28.9 Å². The quantitative estimate of drug-likeness (QED) is 0.789. The van der Waals surface area contributed by atoms with Crippen LogP contribution in [0.25, 0.3) is 10.9 Å². The van der Waals surface area contributed by atoms with E-state index in [9.17, 15) is 4.79 Å². The highest BCUT2D eigenvalue weighted by atomic mass is 79.9. The van der Waals surface area contributed by atoms with E-state index in [-0.39, 0.29) is 5.91 Å². The van der Waals surface area contributed by atoms with Crippen molar-refractivity contribution in [3.8, 4) is 0 Å². The molecule has 0 unspecified atom stereocenters. The first-order chi connectivity index (χ1) is 9.66. The standard InChI is InChI=1S/C14H12BrClN2O2/c15-9-1-2-12-10(7-9)13(16)11(8-17-12)14(19)18-3-5-20-6-4-18/h1-2,7-8H,3-6H2. The number of hydrogen-bond donors (Lipinski definition) is 0. The molecule has 20 heavy (non-hydrogen) atoms. The van der Waals surface area contributed by atoms with Gasteiger partial charge in [0.25, 0.3) is 5.91 Å². The smallest absolute Gasteiger partial charge is 0.257 e. The lowest BCUT2D eigenvalue weighted by Gasteiger charge is -2.27. The highest BCUT2D eigenvalue weighted by Crippen LogP contribution is 2.29. The molecule has 1 aromatic heterocycles. The van der Waals surface area contributed by atoms with Crippen molar-refractivity contribution in [2.45, 2.75) is 0 Å². The van der Waals surface area contributed by atoms with Crippen molar-refractivity contribution in [2.24, 2.45) is 0 Å². The van der Waals surface area contributed by atoms with Gasteiger partial charge in [-0.05, 0) is 18.2 Å². The van der Waals surface area contributed by atoms with E-state index < -0.39 is 0 Å². The van der Waals surface area contributed by atoms with Gasteiger partial charge in [-0.3, -0.25) is 9.78 Å². The zero-order valence-corrected chi connectivity index (χ0v) is 12.9. The van der Waals surface area contributed by atoms with Gasteiger partial charge in [-0.25, -0.2) is 0 Å². The van der Waals surface area contributed by atoms with E-state index in [1.54, 1.807) is 11.1 Å². The normalized spacial score (nSPS) is 15.6. The summed E-state index contributed by atoms with van der Waals surface area (Å²) in [4.78, 5) is 18.5. The number of amides is 1. The van der Waals surface area contributed by atoms with Crippen molar-refractivity contribution in [1.82, 2.24) is 9.88 Å². The minimum Gasteiger partial charge on any atom is -0.378 e. The lowest BCUT2D eigenvalue weighted by atomic mass is 10.1. The molecule has 0 atom stereocenters. The third kappa shape index (κ3) is 2.53. The maximum absolute atomic E-state index is 12.5. The van der Waals surface area contributed by atoms with E-state index in [0.717, 1.165) is 15.4 Å². The molecule has 0 aliphatic carbocycles. The molecular formula is C14H12BrClN2O2. The Bertz CT molecular complexity index is 672. The average molecular weight is 356 g/mol. The zero-order valence-electron chi connectivity index (χ0n) is 10.6. The number of carbonyl (C=O) groups excluding carboxylic acids is 1. The van der Waals surface area contributed by atoms with Gasteiger partial charge in [0.05, 0.1) is 29.3 Å². The first-order valence-corrected chi connectivity index (χ1v) is 7.44. The number of rotatable bonds is 1. The summed E-state index contributed by atoms with van der Waals surface area (Å²) in [6.45, 7) is 2.31. The highest BCUT2D eigenvalue weighted by molar-refractivity contribution is 9.10. The van der Waals surface area contributed by atoms with Gasteiger partial charge in [0, 0.05) is 29.1 Å². The molecule has 0 N–H and O–H groups in total. The maximum Gasteiger partial charge on any atom is 0.257 e. The van der Waals surface area contributed by atoms with Gasteiger partial charge in [0.2, 0.25) is 0 Å². The minimum absolute atomic E-state index is 0.0901. The van der Waals surface area contributed by atoms with E-state index >= 15 is 0 Å². The Labute approximate surface area is 129 Å². The van der Waals surface area contributed by atoms with Gasteiger partial charge < -0.3 is 9.64 Å². The van der Waals surface area contributed by atoms with E-state index in [4.69, 9.17) is 16.3 Å². The number of benzene rings is 1. The number of carbonyl (C=O) groups is 1. The van der Waals surface area contributed by atoms with E-state index in [1.165, 1.54) is 0 Å². The summed E-state index contributed by atoms with van der Waals surface area (Å²) in [6.07, 6.45) is 1.55. The third-order valence-corrected chi connectivity index (χ3v) is 4.19. The van der Waals surface area contributed by atoms with Gasteiger partial charge >= 0.3 is 0 Å². The van der Waals surface area contributed by atoms with Crippen molar-refractivity contribution in [3.63, 3.8) is 0 Å². The van der Waals surface area contributed by atoms with Crippen molar-refractivity contribution in [2.75, 3.05) is 26.3 Å². The predicted octanol–water partition coefficient (Wildman–Crippen LogP) is 3.12. The van der Waals surface area contributed by atoms with Gasteiger partial charge in [-0.1, -0.05) is 27.5 Å². The van der Waals surface area contributed by atoms with Crippen LogP contribution in [0.3, 0.4) is 0 Å². The molecule has 1 saturated heterocycles. The summed E-state index contributed by atoms with van der Waals surface area (Å²) in [6, 6.07) is 5.64. The summed E-state index contributed by atoms with van der Waals surface area (Å²) < 4.78 is 6.16. The number of morpholine rings is 1. The fourth-order valence-electron chi connectivity index (χ4n) is 2.22. The van der Waals surface area contributed by atoms with E-state index in [0.29, 0.717) is 36.9 Å². The molecule has 1 aliphatic heterocycles. The number of nitrogens with zero attached hydrogens (tertiary/aromatic N) is 2. The first kappa shape index (κ1) is 13.8. The molecule has 0 bridgehead atoms. The Morgan fingerprint density at radius 2 is 2.10 bits per heavy atom. The number of pyridine rings is 1. The molecule has 1 amide bonds. The zero-order chi connectivity index (χ0) is 14.1. The fourth-order valence-corrected chi connectivity index (χ4v) is 2.86. The third-order valence-electron chi connectivity index (χ3n) is 3.29. The molecule has 0 spiro atoms. The van der Waals surface area contributed by atoms with Crippen LogP contribution in [0.5, 0.6) is 0 Å². The Morgan fingerprint density at radius 3 is 2.85 bits per heavy atom. The molecule has 6 heteroatoms. The van der Waals surface area contributed by atoms with Crippen LogP contribution in [-0.4, -0.2) is 42.1 Å². The number of aromatic nitrogens is 1. The summed E-state index contributed by atoms with van der Waals surface area (Å²) in [7, 11) is 0. The summed E-state index contributed by atoms with van der Waals surface area (Å²) >= 11 is 9.79. The van der Waals surface area contributed by atoms with Gasteiger partial charge in [0.1, 0.15) is 0 Å². The van der Waals surface area contributed by atoms with Crippen LogP contribution in [0, 0.1) is 0 Å². The summed E-state index contributed by atoms with van der Waals surface area (Å²) in [5, 5.41) is 1.23. The molecule has 0 radical (unpaired) electrons. The monoisotopic (exact) mass is 354 g/mol. The lowest BCUT2D eigenvalue weighted by molar-refractivity contribution is 0.0303. The molecule has 3 rings (SSSR count). The van der Waals surface area contributed by atoms with Crippen LogP contribution >= 0.6 is 27.5 Å². The number of hydrogen-bond acceptors (Lipinski definition) is 3. The molecule has 2 heterocycles. The predicted molar refractivity (Wildman–Crippen MR) is 81.2 cm³/mol. The van der Waals surface area contributed by atoms with Gasteiger partial charge in [0.15, 0.2) is 0 Å². The van der Waals surface area contributed by atoms with Crippen molar-refractivity contribution in [1.29, 1.82) is 0 Å². The molecule has 1 aliphatic rings. The Kier molecular flexibility index (Phi) is 3.92. The van der Waals surface area contributed by atoms with Crippen molar-refractivity contribution >= 4 is 44.3 Å². The molecule has 0 saturated carbocycles. The van der Waals surface area contributed by atoms with Crippen LogP contribution < -0.4 is 0 Å². The minimum atomic E-state index is -0.0901. The Balaban J connectivity index is 2.02. The summed E-state index contributed by atoms with van der Waals surface area (Å²) in [5.74, 6) is -0.0901. The summed E-state index contributed by atoms with van der Waals surface area (Å²) in [5.41, 5.74) is 1.22. The van der Waals surface area contributed by atoms with E-state index in [2.05, 4.69) is 20.9 Å². The fraction of sp³-hybridized carbons (Fsp3) is 0.286. The molecule has 2 aromatic rings. The van der Waals surface area contributed by atoms with Crippen molar-refractivity contribution < 1.29 is 9.53 Å². The Hall–Kier alpha value is -1.17. The topological polar surface area (TPSA) is 42.4 Å². The molecule has 104 valence electrons. The van der Waals surface area contributed by atoms with E-state index in [1.807, 2.05) is 18.2 Å². The average Bonchev–Trinajstić information content (AvgIpc) is 2.48. The molecule has 4 nitrogen and oxygen atoms in total. The second-order valence-corrected chi connectivity index (χ2v) is 5.85. The van der Waals surface area contributed by atoms with Crippen molar-refractivity contribution in [3.05, 3.63) is 39.5 Å². The maximum atomic E-state index is 12.5. The molecule has 1 fully saturated rings. The second kappa shape index (κ2) is 5.68. The number of fused-ring (bicyclic) bond motifs is 1. The SMILES string of the molecule is O=C(c1cnc2ccc(Br)cc2c1Cl)N1CCOCC1.